The Balaban J connectivity index is 1.94. The number of carbonyl (C=O) groups excluding carboxylic acids is 1. The number of methoxy groups -OCH3 is 1. The number of aliphatic hydroxyl groups excluding tert-OH is 1. The van der Waals surface area contributed by atoms with E-state index >= 15 is 0 Å². The number of carbonyl (C=O) groups is 1. The summed E-state index contributed by atoms with van der Waals surface area (Å²) in [6.45, 7) is 2.49. The first-order chi connectivity index (χ1) is 10.6. The normalized spacial score (nSPS) is 17.9. The fourth-order valence-electron chi connectivity index (χ4n) is 2.71. The van der Waals surface area contributed by atoms with Gasteiger partial charge in [0.05, 0.1) is 7.11 Å². The molecule has 114 valence electrons. The van der Waals surface area contributed by atoms with Crippen LogP contribution in [0.3, 0.4) is 0 Å². The lowest BCUT2D eigenvalue weighted by molar-refractivity contribution is -0.123. The van der Waals surface area contributed by atoms with Crippen molar-refractivity contribution in [1.82, 2.24) is 4.98 Å². The van der Waals surface area contributed by atoms with Crippen molar-refractivity contribution in [2.75, 3.05) is 18.6 Å². The van der Waals surface area contributed by atoms with E-state index in [1.54, 1.807) is 18.2 Å². The molecule has 2 heterocycles. The average molecular weight is 298 g/mol. The number of nitrogens with zero attached hydrogens (tertiary/aromatic N) is 2. The molecule has 1 aromatic heterocycles. The highest BCUT2D eigenvalue weighted by Gasteiger charge is 2.30. The predicted molar refractivity (Wildman–Crippen MR) is 83.9 cm³/mol. The molecule has 1 aliphatic heterocycles. The largest absolute Gasteiger partial charge is 0.481 e. The first kappa shape index (κ1) is 14.5. The molecule has 1 fully saturated rings. The zero-order valence-electron chi connectivity index (χ0n) is 12.6. The fraction of sp³-hybridized carbons (Fsp3) is 0.294. The van der Waals surface area contributed by atoms with E-state index in [4.69, 9.17) is 4.74 Å². The summed E-state index contributed by atoms with van der Waals surface area (Å²) in [4.78, 5) is 17.8. The zero-order valence-corrected chi connectivity index (χ0v) is 12.6. The van der Waals surface area contributed by atoms with E-state index < -0.39 is 6.10 Å². The van der Waals surface area contributed by atoms with E-state index in [1.807, 2.05) is 37.3 Å². The van der Waals surface area contributed by atoms with Crippen LogP contribution in [0.25, 0.3) is 11.1 Å². The number of pyridine rings is 1. The molecule has 5 nitrogen and oxygen atoms in total. The van der Waals surface area contributed by atoms with Gasteiger partial charge in [-0.15, -0.1) is 0 Å². The molecule has 1 aromatic carbocycles. The minimum atomic E-state index is -0.881. The molecular formula is C17H18N2O3. The summed E-state index contributed by atoms with van der Waals surface area (Å²) in [6.07, 6.45) is 1.35. The number of aliphatic hydroxyl groups is 1. The van der Waals surface area contributed by atoms with Crippen LogP contribution < -0.4 is 9.64 Å². The van der Waals surface area contributed by atoms with Crippen LogP contribution in [0.1, 0.15) is 12.0 Å². The lowest BCUT2D eigenvalue weighted by atomic mass is 10.1. The third-order valence-corrected chi connectivity index (χ3v) is 3.89. The van der Waals surface area contributed by atoms with Crippen LogP contribution in [0.2, 0.25) is 0 Å². The molecule has 3 rings (SSSR count). The van der Waals surface area contributed by atoms with Crippen molar-refractivity contribution in [2.45, 2.75) is 19.4 Å². The van der Waals surface area contributed by atoms with Gasteiger partial charge in [0.25, 0.3) is 5.91 Å². The van der Waals surface area contributed by atoms with Crippen LogP contribution >= 0.6 is 0 Å². The predicted octanol–water partition coefficient (Wildman–Crippen LogP) is 2.16. The van der Waals surface area contributed by atoms with Gasteiger partial charge in [0, 0.05) is 36.0 Å². The molecule has 1 N–H and O–H groups in total. The summed E-state index contributed by atoms with van der Waals surface area (Å²) in [7, 11) is 1.60. The van der Waals surface area contributed by atoms with Gasteiger partial charge in [0.2, 0.25) is 5.88 Å². The van der Waals surface area contributed by atoms with Crippen LogP contribution in [0.5, 0.6) is 5.88 Å². The van der Waals surface area contributed by atoms with Crippen molar-refractivity contribution < 1.29 is 14.6 Å². The molecule has 0 aliphatic carbocycles. The fourth-order valence-corrected chi connectivity index (χ4v) is 2.71. The molecule has 0 bridgehead atoms. The lowest BCUT2D eigenvalue weighted by Crippen LogP contribution is -2.28. The Morgan fingerprint density at radius 2 is 2.14 bits per heavy atom. The number of hydrogen-bond acceptors (Lipinski definition) is 4. The summed E-state index contributed by atoms with van der Waals surface area (Å²) in [6, 6.07) is 9.71. The summed E-state index contributed by atoms with van der Waals surface area (Å²) in [5, 5.41) is 9.59. The van der Waals surface area contributed by atoms with E-state index in [0.29, 0.717) is 18.8 Å². The molecule has 0 radical (unpaired) electrons. The van der Waals surface area contributed by atoms with Crippen molar-refractivity contribution >= 4 is 11.6 Å². The molecule has 1 atom stereocenters. The van der Waals surface area contributed by atoms with Crippen LogP contribution in [0, 0.1) is 6.92 Å². The molecule has 22 heavy (non-hydrogen) atoms. The zero-order chi connectivity index (χ0) is 15.7. The number of anilines is 1. The number of amides is 1. The SMILES string of the molecule is COc1ncc(-c2cccc(N3CCC(O)C3=O)c2)cc1C. The Kier molecular flexibility index (Phi) is 3.81. The molecule has 0 saturated carbocycles. The van der Waals surface area contributed by atoms with Gasteiger partial charge in [-0.2, -0.15) is 0 Å². The summed E-state index contributed by atoms with van der Waals surface area (Å²) >= 11 is 0. The van der Waals surface area contributed by atoms with E-state index in [2.05, 4.69) is 4.98 Å². The van der Waals surface area contributed by atoms with E-state index in [-0.39, 0.29) is 5.91 Å². The number of benzene rings is 1. The minimum Gasteiger partial charge on any atom is -0.481 e. The summed E-state index contributed by atoms with van der Waals surface area (Å²) in [5.74, 6) is 0.374. The minimum absolute atomic E-state index is 0.235. The molecule has 1 amide bonds. The average Bonchev–Trinajstić information content (AvgIpc) is 2.87. The summed E-state index contributed by atoms with van der Waals surface area (Å²) in [5.41, 5.74) is 3.70. The maximum atomic E-state index is 11.9. The van der Waals surface area contributed by atoms with E-state index in [1.165, 1.54) is 0 Å². The van der Waals surface area contributed by atoms with Gasteiger partial charge in [-0.3, -0.25) is 4.79 Å². The number of rotatable bonds is 3. The Hall–Kier alpha value is -2.40. The second kappa shape index (κ2) is 5.77. The van der Waals surface area contributed by atoms with E-state index in [9.17, 15) is 9.90 Å². The third kappa shape index (κ3) is 2.55. The van der Waals surface area contributed by atoms with Crippen LogP contribution in [-0.4, -0.2) is 35.8 Å². The molecule has 5 heteroatoms. The van der Waals surface area contributed by atoms with Crippen LogP contribution in [0.4, 0.5) is 5.69 Å². The quantitative estimate of drug-likeness (QED) is 0.943. The molecule has 1 aliphatic rings. The highest BCUT2D eigenvalue weighted by Crippen LogP contribution is 2.29. The van der Waals surface area contributed by atoms with Gasteiger partial charge in [-0.05, 0) is 30.7 Å². The Morgan fingerprint density at radius 3 is 2.77 bits per heavy atom. The van der Waals surface area contributed by atoms with Gasteiger partial charge in [0.1, 0.15) is 6.10 Å². The second-order valence-electron chi connectivity index (χ2n) is 5.39. The molecule has 1 saturated heterocycles. The standard InChI is InChI=1S/C17H18N2O3/c1-11-8-13(10-18-16(11)22-2)12-4-3-5-14(9-12)19-7-6-15(20)17(19)21/h3-5,8-10,15,20H,6-7H2,1-2H3. The van der Waals surface area contributed by atoms with Crippen LogP contribution in [0.15, 0.2) is 36.5 Å². The van der Waals surface area contributed by atoms with Gasteiger partial charge < -0.3 is 14.7 Å². The lowest BCUT2D eigenvalue weighted by Gasteiger charge is -2.17. The third-order valence-electron chi connectivity index (χ3n) is 3.89. The highest BCUT2D eigenvalue weighted by molar-refractivity contribution is 5.99. The number of aryl methyl sites for hydroxylation is 1. The van der Waals surface area contributed by atoms with Gasteiger partial charge in [-0.1, -0.05) is 12.1 Å². The van der Waals surface area contributed by atoms with Crippen LogP contribution in [-0.2, 0) is 4.79 Å². The smallest absolute Gasteiger partial charge is 0.255 e. The maximum absolute atomic E-state index is 11.9. The highest BCUT2D eigenvalue weighted by atomic mass is 16.5. The van der Waals surface area contributed by atoms with Crippen molar-refractivity contribution in [3.05, 3.63) is 42.1 Å². The number of aromatic nitrogens is 1. The van der Waals surface area contributed by atoms with Gasteiger partial charge >= 0.3 is 0 Å². The van der Waals surface area contributed by atoms with Crippen molar-refractivity contribution in [2.24, 2.45) is 0 Å². The second-order valence-corrected chi connectivity index (χ2v) is 5.39. The van der Waals surface area contributed by atoms with E-state index in [0.717, 1.165) is 22.4 Å². The van der Waals surface area contributed by atoms with Crippen molar-refractivity contribution in [3.63, 3.8) is 0 Å². The van der Waals surface area contributed by atoms with Crippen molar-refractivity contribution in [1.29, 1.82) is 0 Å². The van der Waals surface area contributed by atoms with Gasteiger partial charge in [-0.25, -0.2) is 4.98 Å². The summed E-state index contributed by atoms with van der Waals surface area (Å²) < 4.78 is 5.17. The molecule has 2 aromatic rings. The van der Waals surface area contributed by atoms with Gasteiger partial charge in [0.15, 0.2) is 0 Å². The monoisotopic (exact) mass is 298 g/mol. The molecule has 0 spiro atoms. The molecular weight excluding hydrogens is 280 g/mol. The Labute approximate surface area is 129 Å². The Bertz CT molecular complexity index is 715. The Morgan fingerprint density at radius 1 is 1.32 bits per heavy atom. The topological polar surface area (TPSA) is 62.7 Å². The number of hydrogen-bond donors (Lipinski definition) is 1. The maximum Gasteiger partial charge on any atom is 0.255 e. The first-order valence-electron chi connectivity index (χ1n) is 7.20. The molecule has 1 unspecified atom stereocenters. The van der Waals surface area contributed by atoms with Crippen molar-refractivity contribution in [3.8, 4) is 17.0 Å². The number of ether oxygens (including phenoxy) is 1. The first-order valence-corrected chi connectivity index (χ1v) is 7.20.